The molecule has 0 spiro atoms. The van der Waals surface area contributed by atoms with Crippen molar-refractivity contribution in [3.63, 3.8) is 0 Å². The zero-order valence-electron chi connectivity index (χ0n) is 11.8. The van der Waals surface area contributed by atoms with Crippen LogP contribution in [0.15, 0.2) is 16.5 Å². The van der Waals surface area contributed by atoms with Gasteiger partial charge in [0.15, 0.2) is 0 Å². The molecular weight excluding hydrogens is 226 g/mol. The first kappa shape index (κ1) is 13.6. The molecule has 0 amide bonds. The molecular formula is C14H25N3O. The van der Waals surface area contributed by atoms with Crippen molar-refractivity contribution in [3.05, 3.63) is 23.7 Å². The minimum atomic E-state index is 0.649. The van der Waals surface area contributed by atoms with E-state index in [1.807, 2.05) is 7.05 Å². The topological polar surface area (TPSA) is 31.6 Å². The van der Waals surface area contributed by atoms with Gasteiger partial charge in [-0.1, -0.05) is 6.92 Å². The minimum Gasteiger partial charge on any atom is -0.463 e. The lowest BCUT2D eigenvalue weighted by Crippen LogP contribution is -2.51. The number of nitrogens with zero attached hydrogens (tertiary/aromatic N) is 2. The average molecular weight is 251 g/mol. The molecule has 1 aromatic heterocycles. The predicted molar refractivity (Wildman–Crippen MR) is 73.5 cm³/mol. The third-order valence-electron chi connectivity index (χ3n) is 3.70. The highest BCUT2D eigenvalue weighted by Crippen LogP contribution is 2.14. The van der Waals surface area contributed by atoms with Gasteiger partial charge in [-0.3, -0.25) is 9.80 Å². The predicted octanol–water partition coefficient (Wildman–Crippen LogP) is 1.52. The number of likely N-dealkylation sites (N-methyl/N-ethyl adjacent to an activating group) is 1. The molecule has 1 aromatic rings. The van der Waals surface area contributed by atoms with Crippen LogP contribution in [-0.4, -0.2) is 49.1 Å². The van der Waals surface area contributed by atoms with Crippen LogP contribution < -0.4 is 5.32 Å². The third kappa shape index (κ3) is 3.34. The molecule has 102 valence electrons. The maximum absolute atomic E-state index is 5.80. The van der Waals surface area contributed by atoms with Gasteiger partial charge in [0.25, 0.3) is 0 Å². The normalized spacial score (nSPS) is 22.5. The van der Waals surface area contributed by atoms with E-state index in [1.54, 1.807) is 0 Å². The summed E-state index contributed by atoms with van der Waals surface area (Å²) in [4.78, 5) is 5.02. The Kier molecular flexibility index (Phi) is 4.80. The van der Waals surface area contributed by atoms with Crippen molar-refractivity contribution >= 4 is 0 Å². The second-order valence-corrected chi connectivity index (χ2v) is 5.11. The molecule has 2 heterocycles. The first-order chi connectivity index (χ1) is 8.72. The maximum atomic E-state index is 5.80. The summed E-state index contributed by atoms with van der Waals surface area (Å²) in [5.74, 6) is 2.10. The van der Waals surface area contributed by atoms with Crippen LogP contribution >= 0.6 is 0 Å². The van der Waals surface area contributed by atoms with Gasteiger partial charge in [0, 0.05) is 25.7 Å². The summed E-state index contributed by atoms with van der Waals surface area (Å²) in [5, 5.41) is 3.11. The molecule has 1 atom stereocenters. The largest absolute Gasteiger partial charge is 0.463 e. The van der Waals surface area contributed by atoms with Crippen LogP contribution in [-0.2, 0) is 13.1 Å². The van der Waals surface area contributed by atoms with E-state index >= 15 is 0 Å². The van der Waals surface area contributed by atoms with Gasteiger partial charge >= 0.3 is 0 Å². The Labute approximate surface area is 110 Å². The Morgan fingerprint density at radius 1 is 1.33 bits per heavy atom. The maximum Gasteiger partial charge on any atom is 0.118 e. The van der Waals surface area contributed by atoms with E-state index in [1.165, 1.54) is 6.54 Å². The standard InChI is InChI=1S/C14H25N3O/c1-4-17-8-7-16(10-12(17)2)11-14-6-5-13(18-14)9-15-3/h5-6,12,15H,4,7-11H2,1-3H3. The molecule has 1 unspecified atom stereocenters. The first-order valence-electron chi connectivity index (χ1n) is 6.91. The Bertz CT molecular complexity index is 364. The van der Waals surface area contributed by atoms with E-state index in [0.29, 0.717) is 6.04 Å². The van der Waals surface area contributed by atoms with Crippen molar-refractivity contribution in [1.82, 2.24) is 15.1 Å². The van der Waals surface area contributed by atoms with Crippen LogP contribution in [0, 0.1) is 0 Å². The van der Waals surface area contributed by atoms with E-state index in [-0.39, 0.29) is 0 Å². The Balaban J connectivity index is 1.86. The lowest BCUT2D eigenvalue weighted by Gasteiger charge is -2.38. The van der Waals surface area contributed by atoms with Gasteiger partial charge in [0.05, 0.1) is 13.1 Å². The van der Waals surface area contributed by atoms with Crippen molar-refractivity contribution in [2.45, 2.75) is 33.0 Å². The van der Waals surface area contributed by atoms with Crippen molar-refractivity contribution in [2.75, 3.05) is 33.2 Å². The molecule has 1 N–H and O–H groups in total. The van der Waals surface area contributed by atoms with Gasteiger partial charge in [-0.2, -0.15) is 0 Å². The van der Waals surface area contributed by atoms with Crippen molar-refractivity contribution < 1.29 is 4.42 Å². The molecule has 2 rings (SSSR count). The monoisotopic (exact) mass is 251 g/mol. The van der Waals surface area contributed by atoms with Crippen LogP contribution in [0.3, 0.4) is 0 Å². The van der Waals surface area contributed by atoms with Crippen molar-refractivity contribution in [1.29, 1.82) is 0 Å². The molecule has 1 aliphatic heterocycles. The lowest BCUT2D eigenvalue weighted by atomic mass is 10.2. The van der Waals surface area contributed by atoms with Gasteiger partial charge in [0.1, 0.15) is 11.5 Å². The molecule has 18 heavy (non-hydrogen) atoms. The van der Waals surface area contributed by atoms with Crippen molar-refractivity contribution in [2.24, 2.45) is 0 Å². The summed E-state index contributed by atoms with van der Waals surface area (Å²) in [7, 11) is 1.94. The van der Waals surface area contributed by atoms with E-state index in [2.05, 4.69) is 41.1 Å². The van der Waals surface area contributed by atoms with Crippen LogP contribution in [0.25, 0.3) is 0 Å². The molecule has 4 heteroatoms. The molecule has 0 bridgehead atoms. The van der Waals surface area contributed by atoms with Gasteiger partial charge in [-0.15, -0.1) is 0 Å². The summed E-state index contributed by atoms with van der Waals surface area (Å²) in [6.07, 6.45) is 0. The fourth-order valence-corrected chi connectivity index (χ4v) is 2.68. The smallest absolute Gasteiger partial charge is 0.118 e. The van der Waals surface area contributed by atoms with E-state index in [0.717, 1.165) is 44.2 Å². The van der Waals surface area contributed by atoms with Crippen LogP contribution in [0.2, 0.25) is 0 Å². The zero-order valence-corrected chi connectivity index (χ0v) is 11.8. The molecule has 0 radical (unpaired) electrons. The Morgan fingerprint density at radius 2 is 2.11 bits per heavy atom. The second kappa shape index (κ2) is 6.36. The Hall–Kier alpha value is -0.840. The highest BCUT2D eigenvalue weighted by molar-refractivity contribution is 5.07. The molecule has 4 nitrogen and oxygen atoms in total. The van der Waals surface area contributed by atoms with E-state index in [4.69, 9.17) is 4.42 Å². The summed E-state index contributed by atoms with van der Waals surface area (Å²) >= 11 is 0. The Morgan fingerprint density at radius 3 is 2.78 bits per heavy atom. The molecule has 0 saturated carbocycles. The molecule has 0 aromatic carbocycles. The summed E-state index contributed by atoms with van der Waals surface area (Å²) in [6, 6.07) is 4.82. The van der Waals surface area contributed by atoms with E-state index in [9.17, 15) is 0 Å². The molecule has 0 aliphatic carbocycles. The number of rotatable bonds is 5. The van der Waals surface area contributed by atoms with Crippen molar-refractivity contribution in [3.8, 4) is 0 Å². The number of furan rings is 1. The summed E-state index contributed by atoms with van der Waals surface area (Å²) in [6.45, 7) is 10.9. The zero-order chi connectivity index (χ0) is 13.0. The number of hydrogen-bond donors (Lipinski definition) is 1. The molecule has 1 saturated heterocycles. The summed E-state index contributed by atoms with van der Waals surface area (Å²) in [5.41, 5.74) is 0. The van der Waals surface area contributed by atoms with Crippen LogP contribution in [0.4, 0.5) is 0 Å². The van der Waals surface area contributed by atoms with Crippen LogP contribution in [0.1, 0.15) is 25.4 Å². The van der Waals surface area contributed by atoms with Gasteiger partial charge in [0.2, 0.25) is 0 Å². The fourth-order valence-electron chi connectivity index (χ4n) is 2.68. The minimum absolute atomic E-state index is 0.649. The number of hydrogen-bond acceptors (Lipinski definition) is 4. The highest BCUT2D eigenvalue weighted by Gasteiger charge is 2.22. The lowest BCUT2D eigenvalue weighted by molar-refractivity contribution is 0.0787. The SMILES string of the molecule is CCN1CCN(Cc2ccc(CNC)o2)CC1C. The van der Waals surface area contributed by atoms with Gasteiger partial charge in [-0.05, 0) is 32.6 Å². The average Bonchev–Trinajstić information content (AvgIpc) is 2.77. The highest BCUT2D eigenvalue weighted by atomic mass is 16.3. The van der Waals surface area contributed by atoms with Gasteiger partial charge < -0.3 is 9.73 Å². The molecule has 1 fully saturated rings. The van der Waals surface area contributed by atoms with E-state index < -0.39 is 0 Å². The van der Waals surface area contributed by atoms with Crippen LogP contribution in [0.5, 0.6) is 0 Å². The quantitative estimate of drug-likeness (QED) is 0.860. The fraction of sp³-hybridized carbons (Fsp3) is 0.714. The third-order valence-corrected chi connectivity index (χ3v) is 3.70. The number of piperazine rings is 1. The molecule has 1 aliphatic rings. The summed E-state index contributed by atoms with van der Waals surface area (Å²) < 4.78 is 5.80. The first-order valence-corrected chi connectivity index (χ1v) is 6.91. The number of nitrogens with one attached hydrogen (secondary N) is 1. The van der Waals surface area contributed by atoms with Gasteiger partial charge in [-0.25, -0.2) is 0 Å². The second-order valence-electron chi connectivity index (χ2n) is 5.11.